The maximum Gasteiger partial charge on any atom is 0.166 e. The molecule has 0 saturated heterocycles. The number of anilines is 1. The highest BCUT2D eigenvalue weighted by Gasteiger charge is 2.12. The molecule has 16 heavy (non-hydrogen) atoms. The molecule has 0 saturated carbocycles. The fourth-order valence-electron chi connectivity index (χ4n) is 1.55. The molecule has 2 N–H and O–H groups in total. The summed E-state index contributed by atoms with van der Waals surface area (Å²) in [6.07, 6.45) is 1.64. The molecule has 1 heterocycles. The Balaban J connectivity index is 2.54. The van der Waals surface area contributed by atoms with E-state index in [9.17, 15) is 4.39 Å². The van der Waals surface area contributed by atoms with Crippen LogP contribution in [0.3, 0.4) is 0 Å². The number of rotatable bonds is 2. The highest BCUT2D eigenvalue weighted by molar-refractivity contribution is 5.71. The third-order valence-corrected chi connectivity index (χ3v) is 2.38. The van der Waals surface area contributed by atoms with Crippen LogP contribution in [0.25, 0.3) is 11.4 Å². The minimum Gasteiger partial charge on any atom is -0.398 e. The molecular weight excluding hydrogens is 207 g/mol. The van der Waals surface area contributed by atoms with E-state index >= 15 is 0 Å². The van der Waals surface area contributed by atoms with Crippen LogP contribution in [0.2, 0.25) is 0 Å². The molecular formula is C11H13FN4. The second-order valence-electron chi connectivity index (χ2n) is 3.89. The monoisotopic (exact) mass is 220 g/mol. The van der Waals surface area contributed by atoms with Gasteiger partial charge in [-0.1, -0.05) is 0 Å². The lowest BCUT2D eigenvalue weighted by atomic mass is 10.1. The molecule has 2 aromatic rings. The smallest absolute Gasteiger partial charge is 0.166 e. The Morgan fingerprint density at radius 1 is 1.38 bits per heavy atom. The molecule has 4 nitrogen and oxygen atoms in total. The topological polar surface area (TPSA) is 56.7 Å². The summed E-state index contributed by atoms with van der Waals surface area (Å²) in [6, 6.07) is 4.50. The first-order valence-electron chi connectivity index (χ1n) is 5.04. The quantitative estimate of drug-likeness (QED) is 0.790. The van der Waals surface area contributed by atoms with Gasteiger partial charge in [-0.05, 0) is 32.0 Å². The highest BCUT2D eigenvalue weighted by Crippen LogP contribution is 2.26. The Morgan fingerprint density at radius 2 is 2.12 bits per heavy atom. The molecule has 2 rings (SSSR count). The maximum absolute atomic E-state index is 12.9. The van der Waals surface area contributed by atoms with E-state index in [-0.39, 0.29) is 11.9 Å². The fraction of sp³-hybridized carbons (Fsp3) is 0.273. The summed E-state index contributed by atoms with van der Waals surface area (Å²) in [6.45, 7) is 4.04. The van der Waals surface area contributed by atoms with Gasteiger partial charge in [-0.25, -0.2) is 4.39 Å². The van der Waals surface area contributed by atoms with Crippen LogP contribution in [-0.4, -0.2) is 14.8 Å². The maximum atomic E-state index is 12.9. The summed E-state index contributed by atoms with van der Waals surface area (Å²) < 4.78 is 14.8. The molecule has 0 bridgehead atoms. The van der Waals surface area contributed by atoms with E-state index < -0.39 is 0 Å². The van der Waals surface area contributed by atoms with Crippen molar-refractivity contribution in [2.45, 2.75) is 19.9 Å². The van der Waals surface area contributed by atoms with Crippen molar-refractivity contribution in [3.8, 4) is 11.4 Å². The summed E-state index contributed by atoms with van der Waals surface area (Å²) in [5, 5.41) is 7.86. The van der Waals surface area contributed by atoms with Crippen molar-refractivity contribution in [3.63, 3.8) is 0 Å². The number of halogens is 1. The molecule has 1 aromatic carbocycles. The Morgan fingerprint density at radius 3 is 2.75 bits per heavy atom. The summed E-state index contributed by atoms with van der Waals surface area (Å²) in [5.74, 6) is 0.310. The zero-order chi connectivity index (χ0) is 11.7. The Bertz CT molecular complexity index is 504. The fourth-order valence-corrected chi connectivity index (χ4v) is 1.55. The Hall–Kier alpha value is -1.91. The van der Waals surface area contributed by atoms with Crippen LogP contribution in [0.5, 0.6) is 0 Å². The van der Waals surface area contributed by atoms with E-state index in [0.717, 1.165) is 0 Å². The van der Waals surface area contributed by atoms with Gasteiger partial charge in [-0.15, -0.1) is 10.2 Å². The van der Waals surface area contributed by atoms with Crippen molar-refractivity contribution in [2.24, 2.45) is 0 Å². The van der Waals surface area contributed by atoms with Crippen molar-refractivity contribution >= 4 is 5.69 Å². The zero-order valence-corrected chi connectivity index (χ0v) is 9.18. The van der Waals surface area contributed by atoms with Crippen LogP contribution in [-0.2, 0) is 0 Å². The van der Waals surface area contributed by atoms with Gasteiger partial charge in [0.05, 0.1) is 0 Å². The van der Waals surface area contributed by atoms with Crippen molar-refractivity contribution in [2.75, 3.05) is 5.73 Å². The lowest BCUT2D eigenvalue weighted by Crippen LogP contribution is -2.03. The van der Waals surface area contributed by atoms with Crippen molar-refractivity contribution in [3.05, 3.63) is 30.3 Å². The third-order valence-electron chi connectivity index (χ3n) is 2.38. The van der Waals surface area contributed by atoms with Gasteiger partial charge in [0.2, 0.25) is 0 Å². The number of nitrogens with two attached hydrogens (primary N) is 1. The number of nitrogens with zero attached hydrogens (tertiary/aromatic N) is 3. The average molecular weight is 220 g/mol. The first-order chi connectivity index (χ1) is 7.59. The molecule has 0 aliphatic heterocycles. The van der Waals surface area contributed by atoms with Gasteiger partial charge < -0.3 is 10.3 Å². The third kappa shape index (κ3) is 1.76. The van der Waals surface area contributed by atoms with Crippen LogP contribution in [0, 0.1) is 5.82 Å². The normalized spacial score (nSPS) is 11.0. The van der Waals surface area contributed by atoms with E-state index in [1.165, 1.54) is 12.1 Å². The summed E-state index contributed by atoms with van der Waals surface area (Å²) in [5.41, 5.74) is 6.83. The van der Waals surface area contributed by atoms with Crippen LogP contribution in [0.4, 0.5) is 10.1 Å². The summed E-state index contributed by atoms with van der Waals surface area (Å²) in [7, 11) is 0. The first kappa shape index (κ1) is 10.6. The molecule has 0 unspecified atom stereocenters. The molecule has 0 aliphatic carbocycles. The lowest BCUT2D eigenvalue weighted by Gasteiger charge is -2.11. The number of hydrogen-bond donors (Lipinski definition) is 1. The standard InChI is InChI=1S/C11H13FN4/c1-7(2)16-6-14-15-11(16)9-4-3-8(12)5-10(9)13/h3-7H,13H2,1-2H3. The number of nitrogen functional groups attached to an aromatic ring is 1. The van der Waals surface area contributed by atoms with Crippen molar-refractivity contribution in [1.29, 1.82) is 0 Å². The van der Waals surface area contributed by atoms with Gasteiger partial charge in [-0.2, -0.15) is 0 Å². The molecule has 5 heteroatoms. The average Bonchev–Trinajstić information content (AvgIpc) is 2.66. The predicted octanol–water partition coefficient (Wildman–Crippen LogP) is 2.25. The van der Waals surface area contributed by atoms with Crippen LogP contribution >= 0.6 is 0 Å². The molecule has 0 radical (unpaired) electrons. The molecule has 84 valence electrons. The van der Waals surface area contributed by atoms with Crippen molar-refractivity contribution in [1.82, 2.24) is 14.8 Å². The largest absolute Gasteiger partial charge is 0.398 e. The number of aromatic nitrogens is 3. The minimum atomic E-state index is -0.350. The van der Waals surface area contributed by atoms with E-state index in [2.05, 4.69) is 10.2 Å². The van der Waals surface area contributed by atoms with E-state index in [1.807, 2.05) is 18.4 Å². The van der Waals surface area contributed by atoms with Gasteiger partial charge in [0.25, 0.3) is 0 Å². The van der Waals surface area contributed by atoms with E-state index in [1.54, 1.807) is 12.4 Å². The molecule has 0 aliphatic rings. The number of hydrogen-bond acceptors (Lipinski definition) is 3. The SMILES string of the molecule is CC(C)n1cnnc1-c1ccc(F)cc1N. The van der Waals surface area contributed by atoms with Gasteiger partial charge in [-0.3, -0.25) is 0 Å². The van der Waals surface area contributed by atoms with E-state index in [4.69, 9.17) is 5.73 Å². The Labute approximate surface area is 92.9 Å². The second-order valence-corrected chi connectivity index (χ2v) is 3.89. The van der Waals surface area contributed by atoms with Crippen LogP contribution in [0.1, 0.15) is 19.9 Å². The Kier molecular flexibility index (Phi) is 2.60. The molecule has 0 spiro atoms. The first-order valence-corrected chi connectivity index (χ1v) is 5.04. The predicted molar refractivity (Wildman–Crippen MR) is 60.2 cm³/mol. The van der Waals surface area contributed by atoms with Crippen LogP contribution in [0.15, 0.2) is 24.5 Å². The molecule has 0 amide bonds. The second kappa shape index (κ2) is 3.92. The lowest BCUT2D eigenvalue weighted by molar-refractivity contribution is 0.603. The van der Waals surface area contributed by atoms with Crippen molar-refractivity contribution < 1.29 is 4.39 Å². The molecule has 0 atom stereocenters. The van der Waals surface area contributed by atoms with E-state index in [0.29, 0.717) is 17.1 Å². The zero-order valence-electron chi connectivity index (χ0n) is 9.18. The molecule has 0 fully saturated rings. The minimum absolute atomic E-state index is 0.231. The van der Waals surface area contributed by atoms with Crippen LogP contribution < -0.4 is 5.73 Å². The van der Waals surface area contributed by atoms with Gasteiger partial charge in [0.15, 0.2) is 5.82 Å². The molecule has 1 aromatic heterocycles. The summed E-state index contributed by atoms with van der Waals surface area (Å²) in [4.78, 5) is 0. The number of benzene rings is 1. The van der Waals surface area contributed by atoms with Gasteiger partial charge in [0, 0.05) is 17.3 Å². The van der Waals surface area contributed by atoms with Gasteiger partial charge >= 0.3 is 0 Å². The summed E-state index contributed by atoms with van der Waals surface area (Å²) >= 11 is 0. The van der Waals surface area contributed by atoms with Gasteiger partial charge in [0.1, 0.15) is 12.1 Å². The highest BCUT2D eigenvalue weighted by atomic mass is 19.1.